The van der Waals surface area contributed by atoms with Gasteiger partial charge in [0.15, 0.2) is 0 Å². The molecule has 0 aromatic heterocycles. The van der Waals surface area contributed by atoms with Crippen LogP contribution in [0.15, 0.2) is 42.5 Å². The van der Waals surface area contributed by atoms with Crippen LogP contribution in [0.5, 0.6) is 17.2 Å². The first-order valence-electron chi connectivity index (χ1n) is 7.15. The molecule has 0 N–H and O–H groups in total. The zero-order chi connectivity index (χ0) is 16.7. The van der Waals surface area contributed by atoms with E-state index in [1.165, 1.54) is 0 Å². The lowest BCUT2D eigenvalue weighted by Gasteiger charge is -2.11. The third kappa shape index (κ3) is 4.64. The van der Waals surface area contributed by atoms with Gasteiger partial charge in [0.1, 0.15) is 23.9 Å². The summed E-state index contributed by atoms with van der Waals surface area (Å²) >= 11 is 0. The van der Waals surface area contributed by atoms with Crippen LogP contribution >= 0.6 is 0 Å². The van der Waals surface area contributed by atoms with Crippen LogP contribution in [0.25, 0.3) is 0 Å². The van der Waals surface area contributed by atoms with Crippen molar-refractivity contribution < 1.29 is 23.7 Å². The van der Waals surface area contributed by atoms with Crippen molar-refractivity contribution in [3.8, 4) is 17.2 Å². The van der Waals surface area contributed by atoms with Gasteiger partial charge in [-0.1, -0.05) is 12.1 Å². The fourth-order valence-corrected chi connectivity index (χ4v) is 2.11. The SMILES string of the molecule is COc1ccc(CC(=O)OCc2cc(OC)ccc2OC)cc1. The van der Waals surface area contributed by atoms with Gasteiger partial charge in [-0.25, -0.2) is 0 Å². The summed E-state index contributed by atoms with van der Waals surface area (Å²) in [4.78, 5) is 12.0. The second kappa shape index (κ2) is 8.08. The van der Waals surface area contributed by atoms with Gasteiger partial charge in [0, 0.05) is 5.56 Å². The van der Waals surface area contributed by atoms with Crippen molar-refractivity contribution in [1.29, 1.82) is 0 Å². The molecule has 0 atom stereocenters. The van der Waals surface area contributed by atoms with Gasteiger partial charge in [0.25, 0.3) is 0 Å². The van der Waals surface area contributed by atoms with Crippen LogP contribution in [0.2, 0.25) is 0 Å². The van der Waals surface area contributed by atoms with Gasteiger partial charge in [-0.3, -0.25) is 4.79 Å². The van der Waals surface area contributed by atoms with E-state index in [0.717, 1.165) is 16.9 Å². The highest BCUT2D eigenvalue weighted by atomic mass is 16.5. The third-order valence-corrected chi connectivity index (χ3v) is 3.38. The van der Waals surface area contributed by atoms with Crippen LogP contribution < -0.4 is 14.2 Å². The molecule has 0 saturated carbocycles. The quantitative estimate of drug-likeness (QED) is 0.735. The predicted molar refractivity (Wildman–Crippen MR) is 86.0 cm³/mol. The maximum Gasteiger partial charge on any atom is 0.310 e. The zero-order valence-electron chi connectivity index (χ0n) is 13.5. The Balaban J connectivity index is 1.95. The number of hydrogen-bond acceptors (Lipinski definition) is 5. The molecule has 122 valence electrons. The molecule has 2 aromatic rings. The number of carbonyl (C=O) groups is 1. The van der Waals surface area contributed by atoms with E-state index in [9.17, 15) is 4.79 Å². The van der Waals surface area contributed by atoms with E-state index in [1.807, 2.05) is 24.3 Å². The molecule has 0 heterocycles. The summed E-state index contributed by atoms with van der Waals surface area (Å²) in [6, 6.07) is 12.7. The smallest absolute Gasteiger partial charge is 0.310 e. The van der Waals surface area contributed by atoms with Gasteiger partial charge < -0.3 is 18.9 Å². The molecule has 0 radical (unpaired) electrons. The van der Waals surface area contributed by atoms with Crippen LogP contribution in [0, 0.1) is 0 Å². The van der Waals surface area contributed by atoms with E-state index in [1.54, 1.807) is 39.5 Å². The molecular weight excluding hydrogens is 296 g/mol. The maximum absolute atomic E-state index is 12.0. The highest BCUT2D eigenvalue weighted by Gasteiger charge is 2.10. The Labute approximate surface area is 135 Å². The molecule has 0 amide bonds. The van der Waals surface area contributed by atoms with Crippen molar-refractivity contribution in [2.75, 3.05) is 21.3 Å². The lowest BCUT2D eigenvalue weighted by molar-refractivity contribution is -0.144. The molecule has 0 bridgehead atoms. The standard InChI is InChI=1S/C18H20O5/c1-20-15-6-4-13(5-7-15)10-18(19)23-12-14-11-16(21-2)8-9-17(14)22-3/h4-9,11H,10,12H2,1-3H3. The topological polar surface area (TPSA) is 54.0 Å². The van der Waals surface area contributed by atoms with E-state index in [0.29, 0.717) is 11.5 Å². The monoisotopic (exact) mass is 316 g/mol. The molecule has 0 aliphatic rings. The lowest BCUT2D eigenvalue weighted by Crippen LogP contribution is -2.08. The molecule has 0 unspecified atom stereocenters. The number of hydrogen-bond donors (Lipinski definition) is 0. The predicted octanol–water partition coefficient (Wildman–Crippen LogP) is 3.00. The van der Waals surface area contributed by atoms with E-state index < -0.39 is 0 Å². The van der Waals surface area contributed by atoms with Crippen molar-refractivity contribution in [3.05, 3.63) is 53.6 Å². The van der Waals surface area contributed by atoms with Gasteiger partial charge in [-0.05, 0) is 35.9 Å². The molecule has 2 aromatic carbocycles. The van der Waals surface area contributed by atoms with Gasteiger partial charge in [0.2, 0.25) is 0 Å². The van der Waals surface area contributed by atoms with Crippen molar-refractivity contribution >= 4 is 5.97 Å². The van der Waals surface area contributed by atoms with Gasteiger partial charge in [-0.2, -0.15) is 0 Å². The summed E-state index contributed by atoms with van der Waals surface area (Å²) in [6.07, 6.45) is 0.205. The zero-order valence-corrected chi connectivity index (χ0v) is 13.5. The lowest BCUT2D eigenvalue weighted by atomic mass is 10.1. The Morgan fingerprint density at radius 1 is 0.870 bits per heavy atom. The van der Waals surface area contributed by atoms with Crippen LogP contribution in [0.3, 0.4) is 0 Å². The van der Waals surface area contributed by atoms with Crippen molar-refractivity contribution in [2.45, 2.75) is 13.0 Å². The molecule has 0 saturated heterocycles. The minimum atomic E-state index is -0.306. The number of carbonyl (C=O) groups excluding carboxylic acids is 1. The van der Waals surface area contributed by atoms with Crippen molar-refractivity contribution in [2.24, 2.45) is 0 Å². The van der Waals surface area contributed by atoms with Crippen LogP contribution in [-0.2, 0) is 22.6 Å². The molecule has 2 rings (SSSR count). The first-order valence-corrected chi connectivity index (χ1v) is 7.15. The molecule has 0 spiro atoms. The van der Waals surface area contributed by atoms with Crippen molar-refractivity contribution in [3.63, 3.8) is 0 Å². The Hall–Kier alpha value is -2.69. The average molecular weight is 316 g/mol. The number of esters is 1. The maximum atomic E-state index is 12.0. The molecule has 0 aliphatic heterocycles. The highest BCUT2D eigenvalue weighted by molar-refractivity contribution is 5.72. The summed E-state index contributed by atoms with van der Waals surface area (Å²) in [5.41, 5.74) is 1.63. The Morgan fingerprint density at radius 3 is 2.13 bits per heavy atom. The van der Waals surface area contributed by atoms with Crippen LogP contribution in [0.4, 0.5) is 0 Å². The fourth-order valence-electron chi connectivity index (χ4n) is 2.11. The van der Waals surface area contributed by atoms with Crippen molar-refractivity contribution in [1.82, 2.24) is 0 Å². The average Bonchev–Trinajstić information content (AvgIpc) is 2.60. The summed E-state index contributed by atoms with van der Waals surface area (Å²) < 4.78 is 20.8. The number of rotatable bonds is 7. The highest BCUT2D eigenvalue weighted by Crippen LogP contribution is 2.24. The van der Waals surface area contributed by atoms with Crippen LogP contribution in [-0.4, -0.2) is 27.3 Å². The van der Waals surface area contributed by atoms with Gasteiger partial charge in [0.05, 0.1) is 27.8 Å². The first kappa shape index (κ1) is 16.7. The summed E-state index contributed by atoms with van der Waals surface area (Å²) in [7, 11) is 4.76. The number of ether oxygens (including phenoxy) is 4. The summed E-state index contributed by atoms with van der Waals surface area (Å²) in [6.45, 7) is 0.134. The molecule has 0 aliphatic carbocycles. The van der Waals surface area contributed by atoms with E-state index in [2.05, 4.69) is 0 Å². The van der Waals surface area contributed by atoms with E-state index in [-0.39, 0.29) is 19.0 Å². The van der Waals surface area contributed by atoms with Gasteiger partial charge in [-0.15, -0.1) is 0 Å². The molecule has 5 nitrogen and oxygen atoms in total. The molecule has 5 heteroatoms. The second-order valence-corrected chi connectivity index (χ2v) is 4.86. The summed E-state index contributed by atoms with van der Waals surface area (Å²) in [5.74, 6) is 1.79. The minimum Gasteiger partial charge on any atom is -0.497 e. The normalized spacial score (nSPS) is 10.0. The Bertz CT molecular complexity index is 649. The Morgan fingerprint density at radius 2 is 1.52 bits per heavy atom. The summed E-state index contributed by atoms with van der Waals surface area (Å²) in [5, 5.41) is 0. The fraction of sp³-hybridized carbons (Fsp3) is 0.278. The second-order valence-electron chi connectivity index (χ2n) is 4.86. The molecule has 23 heavy (non-hydrogen) atoms. The van der Waals surface area contributed by atoms with E-state index >= 15 is 0 Å². The van der Waals surface area contributed by atoms with E-state index in [4.69, 9.17) is 18.9 Å². The third-order valence-electron chi connectivity index (χ3n) is 3.38. The Kier molecular flexibility index (Phi) is 5.86. The molecule has 0 fully saturated rings. The largest absolute Gasteiger partial charge is 0.497 e. The first-order chi connectivity index (χ1) is 11.2. The number of benzene rings is 2. The van der Waals surface area contributed by atoms with Crippen LogP contribution in [0.1, 0.15) is 11.1 Å². The number of methoxy groups -OCH3 is 3. The molecular formula is C18H20O5. The minimum absolute atomic E-state index is 0.134. The van der Waals surface area contributed by atoms with Gasteiger partial charge >= 0.3 is 5.97 Å².